The Bertz CT molecular complexity index is 454. The number of rotatable bonds is 4. The molecule has 1 heterocycles. The molecule has 1 saturated carbocycles. The molecule has 4 heteroatoms. The zero-order valence-electron chi connectivity index (χ0n) is 13.0. The van der Waals surface area contributed by atoms with E-state index in [2.05, 4.69) is 17.5 Å². The SMILES string of the molecule is CC(C)C1C(=O)NC(C2CC2)C(=O)N1CC1CC=CCC1. The van der Waals surface area contributed by atoms with Gasteiger partial charge in [-0.1, -0.05) is 26.0 Å². The molecule has 2 amide bonds. The molecule has 3 unspecified atom stereocenters. The average molecular weight is 290 g/mol. The van der Waals surface area contributed by atoms with E-state index in [-0.39, 0.29) is 29.8 Å². The Morgan fingerprint density at radius 2 is 2.00 bits per heavy atom. The quantitative estimate of drug-likeness (QED) is 0.806. The van der Waals surface area contributed by atoms with Crippen LogP contribution >= 0.6 is 0 Å². The maximum atomic E-state index is 12.8. The molecule has 0 aromatic carbocycles. The summed E-state index contributed by atoms with van der Waals surface area (Å²) in [6, 6.07) is -0.551. The average Bonchev–Trinajstić information content (AvgIpc) is 3.27. The van der Waals surface area contributed by atoms with Gasteiger partial charge >= 0.3 is 0 Å². The fourth-order valence-corrected chi connectivity index (χ4v) is 3.67. The van der Waals surface area contributed by atoms with E-state index in [0.29, 0.717) is 11.8 Å². The van der Waals surface area contributed by atoms with E-state index >= 15 is 0 Å². The molecule has 2 fully saturated rings. The monoisotopic (exact) mass is 290 g/mol. The number of carbonyl (C=O) groups excluding carboxylic acids is 2. The molecule has 4 nitrogen and oxygen atoms in total. The van der Waals surface area contributed by atoms with Gasteiger partial charge in [0.15, 0.2) is 0 Å². The summed E-state index contributed by atoms with van der Waals surface area (Å²) < 4.78 is 0. The number of carbonyl (C=O) groups is 2. The highest BCUT2D eigenvalue weighted by Gasteiger charge is 2.47. The van der Waals surface area contributed by atoms with Crippen molar-refractivity contribution in [2.24, 2.45) is 17.8 Å². The van der Waals surface area contributed by atoms with Crippen LogP contribution in [-0.2, 0) is 9.59 Å². The van der Waals surface area contributed by atoms with Crippen LogP contribution < -0.4 is 5.32 Å². The highest BCUT2D eigenvalue weighted by atomic mass is 16.2. The minimum Gasteiger partial charge on any atom is -0.342 e. The van der Waals surface area contributed by atoms with E-state index in [4.69, 9.17) is 0 Å². The van der Waals surface area contributed by atoms with Gasteiger partial charge in [0, 0.05) is 6.54 Å². The first-order valence-corrected chi connectivity index (χ1v) is 8.33. The van der Waals surface area contributed by atoms with Gasteiger partial charge in [-0.2, -0.15) is 0 Å². The third kappa shape index (κ3) is 2.99. The third-order valence-corrected chi connectivity index (χ3v) is 5.01. The Balaban J connectivity index is 1.77. The van der Waals surface area contributed by atoms with Crippen molar-refractivity contribution in [3.8, 4) is 0 Å². The van der Waals surface area contributed by atoms with Gasteiger partial charge in [0.25, 0.3) is 0 Å². The zero-order valence-corrected chi connectivity index (χ0v) is 13.0. The van der Waals surface area contributed by atoms with Crippen LogP contribution in [0.5, 0.6) is 0 Å². The number of hydrogen-bond acceptors (Lipinski definition) is 2. The molecule has 0 bridgehead atoms. The van der Waals surface area contributed by atoms with Crippen LogP contribution in [0.25, 0.3) is 0 Å². The Morgan fingerprint density at radius 1 is 1.24 bits per heavy atom. The highest BCUT2D eigenvalue weighted by molar-refractivity contribution is 5.97. The molecule has 3 atom stereocenters. The fourth-order valence-electron chi connectivity index (χ4n) is 3.67. The standard InChI is InChI=1S/C17H26N2O2/c1-11(2)15-16(20)18-14(13-8-9-13)17(21)19(15)10-12-6-4-3-5-7-12/h3-4,11-15H,5-10H2,1-2H3,(H,18,20). The number of hydrogen-bond donors (Lipinski definition) is 1. The van der Waals surface area contributed by atoms with Crippen LogP contribution in [0, 0.1) is 17.8 Å². The topological polar surface area (TPSA) is 49.4 Å². The van der Waals surface area contributed by atoms with Crippen LogP contribution in [0.15, 0.2) is 12.2 Å². The van der Waals surface area contributed by atoms with E-state index < -0.39 is 0 Å². The molecule has 2 aliphatic carbocycles. The lowest BCUT2D eigenvalue weighted by Gasteiger charge is -2.42. The molecular formula is C17H26N2O2. The molecule has 1 aliphatic heterocycles. The molecule has 3 rings (SSSR count). The van der Waals surface area contributed by atoms with E-state index in [1.54, 1.807) is 0 Å². The summed E-state index contributed by atoms with van der Waals surface area (Å²) in [5, 5.41) is 2.98. The van der Waals surface area contributed by atoms with E-state index in [0.717, 1.165) is 38.6 Å². The predicted molar refractivity (Wildman–Crippen MR) is 81.5 cm³/mol. The number of nitrogens with zero attached hydrogens (tertiary/aromatic N) is 1. The van der Waals surface area contributed by atoms with Crippen molar-refractivity contribution in [1.82, 2.24) is 10.2 Å². The Hall–Kier alpha value is -1.32. The van der Waals surface area contributed by atoms with Gasteiger partial charge in [-0.3, -0.25) is 9.59 Å². The van der Waals surface area contributed by atoms with Crippen molar-refractivity contribution in [2.45, 2.75) is 58.0 Å². The number of amides is 2. The van der Waals surface area contributed by atoms with E-state index in [9.17, 15) is 9.59 Å². The molecule has 0 spiro atoms. The number of nitrogens with one attached hydrogen (secondary N) is 1. The van der Waals surface area contributed by atoms with Gasteiger partial charge in [0.1, 0.15) is 12.1 Å². The van der Waals surface area contributed by atoms with Gasteiger partial charge in [0.2, 0.25) is 11.8 Å². The normalized spacial score (nSPS) is 33.5. The van der Waals surface area contributed by atoms with Gasteiger partial charge in [-0.15, -0.1) is 0 Å². The fraction of sp³-hybridized carbons (Fsp3) is 0.765. The molecule has 21 heavy (non-hydrogen) atoms. The molecule has 116 valence electrons. The smallest absolute Gasteiger partial charge is 0.246 e. The Labute approximate surface area is 127 Å². The molecule has 0 aromatic rings. The lowest BCUT2D eigenvalue weighted by Crippen LogP contribution is -2.66. The summed E-state index contributed by atoms with van der Waals surface area (Å²) in [6.07, 6.45) is 9.83. The minimum atomic E-state index is -0.293. The van der Waals surface area contributed by atoms with Crippen LogP contribution in [-0.4, -0.2) is 35.3 Å². The molecular weight excluding hydrogens is 264 g/mol. The van der Waals surface area contributed by atoms with Gasteiger partial charge in [0.05, 0.1) is 0 Å². The minimum absolute atomic E-state index is 0.0489. The molecule has 0 radical (unpaired) electrons. The lowest BCUT2D eigenvalue weighted by molar-refractivity contribution is -0.152. The molecule has 1 saturated heterocycles. The van der Waals surface area contributed by atoms with Crippen molar-refractivity contribution in [3.05, 3.63) is 12.2 Å². The molecule has 0 aromatic heterocycles. The maximum Gasteiger partial charge on any atom is 0.246 e. The second kappa shape index (κ2) is 5.82. The van der Waals surface area contributed by atoms with Crippen LogP contribution in [0.2, 0.25) is 0 Å². The zero-order chi connectivity index (χ0) is 15.0. The van der Waals surface area contributed by atoms with Crippen molar-refractivity contribution in [2.75, 3.05) is 6.54 Å². The summed E-state index contributed by atoms with van der Waals surface area (Å²) in [5.41, 5.74) is 0. The van der Waals surface area contributed by atoms with E-state index in [1.165, 1.54) is 0 Å². The van der Waals surface area contributed by atoms with Gasteiger partial charge < -0.3 is 10.2 Å². The van der Waals surface area contributed by atoms with Crippen LogP contribution in [0.1, 0.15) is 46.0 Å². The van der Waals surface area contributed by atoms with Crippen LogP contribution in [0.3, 0.4) is 0 Å². The number of allylic oxidation sites excluding steroid dienone is 2. The van der Waals surface area contributed by atoms with Gasteiger partial charge in [-0.25, -0.2) is 0 Å². The molecule has 3 aliphatic rings. The van der Waals surface area contributed by atoms with E-state index in [1.807, 2.05) is 18.7 Å². The van der Waals surface area contributed by atoms with Crippen molar-refractivity contribution < 1.29 is 9.59 Å². The third-order valence-electron chi connectivity index (χ3n) is 5.01. The first kappa shape index (κ1) is 14.6. The van der Waals surface area contributed by atoms with Crippen molar-refractivity contribution >= 4 is 11.8 Å². The second-order valence-corrected chi connectivity index (χ2v) is 7.15. The summed E-state index contributed by atoms with van der Waals surface area (Å²) in [4.78, 5) is 27.2. The highest BCUT2D eigenvalue weighted by Crippen LogP contribution is 2.36. The van der Waals surface area contributed by atoms with Crippen molar-refractivity contribution in [3.63, 3.8) is 0 Å². The van der Waals surface area contributed by atoms with Crippen LogP contribution in [0.4, 0.5) is 0 Å². The first-order valence-electron chi connectivity index (χ1n) is 8.33. The predicted octanol–water partition coefficient (Wildman–Crippen LogP) is 2.10. The van der Waals surface area contributed by atoms with Gasteiger partial charge in [-0.05, 0) is 49.9 Å². The second-order valence-electron chi connectivity index (χ2n) is 7.15. The Kier molecular flexibility index (Phi) is 4.05. The summed E-state index contributed by atoms with van der Waals surface area (Å²) in [7, 11) is 0. The largest absolute Gasteiger partial charge is 0.342 e. The number of piperazine rings is 1. The first-order chi connectivity index (χ1) is 10.1. The summed E-state index contributed by atoms with van der Waals surface area (Å²) in [5.74, 6) is 1.25. The summed E-state index contributed by atoms with van der Waals surface area (Å²) >= 11 is 0. The maximum absolute atomic E-state index is 12.8. The lowest BCUT2D eigenvalue weighted by atomic mass is 9.90. The molecule has 1 N–H and O–H groups in total. The Morgan fingerprint density at radius 3 is 2.57 bits per heavy atom. The summed E-state index contributed by atoms with van der Waals surface area (Å²) in [6.45, 7) is 4.80. The van der Waals surface area contributed by atoms with Crippen molar-refractivity contribution in [1.29, 1.82) is 0 Å².